The van der Waals surface area contributed by atoms with E-state index in [0.29, 0.717) is 10.5 Å². The quantitative estimate of drug-likeness (QED) is 0.412. The molecule has 0 aliphatic heterocycles. The minimum atomic E-state index is -1.66. The molecule has 0 aliphatic rings. The Morgan fingerprint density at radius 1 is 1.07 bits per heavy atom. The predicted octanol–water partition coefficient (Wildman–Crippen LogP) is -1.22. The Labute approximate surface area is 89.9 Å². The van der Waals surface area contributed by atoms with Crippen LogP contribution in [-0.4, -0.2) is 59.7 Å². The van der Waals surface area contributed by atoms with Crippen LogP contribution in [0, 0.1) is 0 Å². The zero-order chi connectivity index (χ0) is 11.2. The highest BCUT2D eigenvalue weighted by molar-refractivity contribution is 6.57. The number of hydrogen-bond acceptors (Lipinski definition) is 5. The van der Waals surface area contributed by atoms with Gasteiger partial charge in [-0.2, -0.15) is 0 Å². The maximum absolute atomic E-state index is 5.45. The van der Waals surface area contributed by atoms with Gasteiger partial charge in [0.2, 0.25) is 20.7 Å². The van der Waals surface area contributed by atoms with Gasteiger partial charge in [0.05, 0.1) is 0 Å². The summed E-state index contributed by atoms with van der Waals surface area (Å²) in [5.41, 5.74) is -0.884. The molecular formula is C7H20O5Si2. The maximum Gasteiger partial charge on any atom is 0.234 e. The Bertz CT molecular complexity index is 149. The van der Waals surface area contributed by atoms with Crippen molar-refractivity contribution in [1.82, 2.24) is 0 Å². The zero-order valence-corrected chi connectivity index (χ0v) is 12.9. The van der Waals surface area contributed by atoms with Crippen molar-refractivity contribution in [3.05, 3.63) is 0 Å². The Balaban J connectivity index is 4.83. The molecule has 0 aromatic carbocycles. The van der Waals surface area contributed by atoms with Crippen LogP contribution in [0.2, 0.25) is 6.55 Å². The molecule has 0 radical (unpaired) electrons. The highest BCUT2D eigenvalue weighted by Gasteiger charge is 2.47. The molecule has 0 aromatic heterocycles. The molecule has 0 rings (SSSR count). The standard InChI is InChI=1S/C7H20O5Si2/c1-8-6(9-2)7(10-3,11-4)14(5)12-13/h6,14H,1-5,13H3. The van der Waals surface area contributed by atoms with E-state index in [4.69, 9.17) is 23.1 Å². The first kappa shape index (κ1) is 14.2. The summed E-state index contributed by atoms with van der Waals surface area (Å²) in [5.74, 6) is 0. The molecule has 0 amide bonds. The molecule has 0 aromatic rings. The van der Waals surface area contributed by atoms with E-state index in [9.17, 15) is 0 Å². The van der Waals surface area contributed by atoms with Crippen LogP contribution in [0.5, 0.6) is 0 Å². The maximum atomic E-state index is 5.45. The van der Waals surface area contributed by atoms with Crippen LogP contribution in [-0.2, 0) is 23.1 Å². The van der Waals surface area contributed by atoms with Crippen molar-refractivity contribution in [3.8, 4) is 0 Å². The van der Waals surface area contributed by atoms with E-state index in [-0.39, 0.29) is 0 Å². The summed E-state index contributed by atoms with van der Waals surface area (Å²) in [5, 5.41) is 0. The fraction of sp³-hybridized carbons (Fsp3) is 1.00. The normalized spacial score (nSPS) is 15.0. The lowest BCUT2D eigenvalue weighted by Crippen LogP contribution is -2.59. The molecule has 0 heterocycles. The van der Waals surface area contributed by atoms with Gasteiger partial charge in [0, 0.05) is 28.4 Å². The molecule has 14 heavy (non-hydrogen) atoms. The summed E-state index contributed by atoms with van der Waals surface area (Å²) in [7, 11) is 5.23. The van der Waals surface area contributed by atoms with Crippen LogP contribution in [0.4, 0.5) is 0 Å². The van der Waals surface area contributed by atoms with Gasteiger partial charge in [-0.25, -0.2) is 0 Å². The number of ether oxygens (including phenoxy) is 4. The minimum absolute atomic E-state index is 0.562. The predicted molar refractivity (Wildman–Crippen MR) is 58.6 cm³/mol. The SMILES string of the molecule is COC(OC)C(OC)(OC)[SiH](C)O[SiH3]. The molecule has 0 spiro atoms. The van der Waals surface area contributed by atoms with E-state index in [1.54, 1.807) is 28.4 Å². The Hall–Kier alpha value is 0.234. The van der Waals surface area contributed by atoms with Crippen LogP contribution < -0.4 is 0 Å². The summed E-state index contributed by atoms with van der Waals surface area (Å²) >= 11 is 0. The van der Waals surface area contributed by atoms with E-state index in [1.165, 1.54) is 0 Å². The zero-order valence-electron chi connectivity index (χ0n) is 9.70. The molecule has 0 saturated heterocycles. The third-order valence-corrected chi connectivity index (χ3v) is 7.02. The van der Waals surface area contributed by atoms with Gasteiger partial charge in [0.25, 0.3) is 0 Å². The topological polar surface area (TPSA) is 46.2 Å². The lowest BCUT2D eigenvalue weighted by atomic mass is 10.6. The Morgan fingerprint density at radius 3 is 1.71 bits per heavy atom. The monoisotopic (exact) mass is 240 g/mol. The van der Waals surface area contributed by atoms with E-state index in [0.717, 1.165) is 0 Å². The first-order valence-electron chi connectivity index (χ1n) is 4.31. The van der Waals surface area contributed by atoms with Gasteiger partial charge in [-0.3, -0.25) is 0 Å². The minimum Gasteiger partial charge on any atom is -0.462 e. The summed E-state index contributed by atoms with van der Waals surface area (Å²) in [6.07, 6.45) is -0.562. The fourth-order valence-corrected chi connectivity index (χ4v) is 4.02. The Kier molecular flexibility index (Phi) is 6.78. The molecule has 0 saturated carbocycles. The van der Waals surface area contributed by atoms with Crippen LogP contribution in [0.3, 0.4) is 0 Å². The molecule has 0 bridgehead atoms. The molecule has 0 aliphatic carbocycles. The van der Waals surface area contributed by atoms with Gasteiger partial charge >= 0.3 is 0 Å². The number of hydrogen-bond donors (Lipinski definition) is 0. The van der Waals surface area contributed by atoms with Crippen molar-refractivity contribution in [3.63, 3.8) is 0 Å². The van der Waals surface area contributed by atoms with E-state index in [2.05, 4.69) is 0 Å². The van der Waals surface area contributed by atoms with Crippen LogP contribution in [0.25, 0.3) is 0 Å². The third-order valence-electron chi connectivity index (χ3n) is 2.31. The van der Waals surface area contributed by atoms with Crippen LogP contribution in [0.1, 0.15) is 0 Å². The van der Waals surface area contributed by atoms with E-state index in [1.807, 2.05) is 6.55 Å². The van der Waals surface area contributed by atoms with Crippen molar-refractivity contribution in [2.24, 2.45) is 0 Å². The second-order valence-corrected chi connectivity index (χ2v) is 6.79. The molecule has 0 fully saturated rings. The van der Waals surface area contributed by atoms with Gasteiger partial charge in [-0.05, 0) is 6.55 Å². The van der Waals surface area contributed by atoms with Gasteiger partial charge < -0.3 is 23.1 Å². The molecule has 7 heteroatoms. The summed E-state index contributed by atoms with van der Waals surface area (Å²) < 4.78 is 26.5. The highest BCUT2D eigenvalue weighted by atomic mass is 28.3. The van der Waals surface area contributed by atoms with Gasteiger partial charge in [-0.1, -0.05) is 0 Å². The Morgan fingerprint density at radius 2 is 1.50 bits per heavy atom. The van der Waals surface area contributed by atoms with Crippen LogP contribution >= 0.6 is 0 Å². The lowest BCUT2D eigenvalue weighted by molar-refractivity contribution is -0.288. The summed E-state index contributed by atoms with van der Waals surface area (Å²) in [6.45, 7) is 1.99. The van der Waals surface area contributed by atoms with Crippen molar-refractivity contribution in [1.29, 1.82) is 0 Å². The van der Waals surface area contributed by atoms with Crippen LogP contribution in [0.15, 0.2) is 0 Å². The summed E-state index contributed by atoms with van der Waals surface area (Å²) in [6, 6.07) is 0. The number of rotatable bonds is 7. The lowest BCUT2D eigenvalue weighted by Gasteiger charge is -2.39. The highest BCUT2D eigenvalue weighted by Crippen LogP contribution is 2.23. The van der Waals surface area contributed by atoms with E-state index < -0.39 is 20.7 Å². The smallest absolute Gasteiger partial charge is 0.234 e. The van der Waals surface area contributed by atoms with Gasteiger partial charge in [0.15, 0.2) is 0 Å². The second-order valence-electron chi connectivity index (χ2n) is 2.81. The third kappa shape index (κ3) is 2.63. The largest absolute Gasteiger partial charge is 0.462 e. The summed E-state index contributed by atoms with van der Waals surface area (Å²) in [4.78, 5) is 0. The molecule has 0 N–H and O–H groups in total. The fourth-order valence-electron chi connectivity index (χ4n) is 1.39. The molecule has 1 atom stereocenters. The second kappa shape index (κ2) is 6.67. The van der Waals surface area contributed by atoms with Crippen molar-refractivity contribution in [2.45, 2.75) is 18.2 Å². The van der Waals surface area contributed by atoms with Gasteiger partial charge in [0.1, 0.15) is 10.5 Å². The van der Waals surface area contributed by atoms with Crippen molar-refractivity contribution in [2.75, 3.05) is 28.4 Å². The number of methoxy groups -OCH3 is 4. The van der Waals surface area contributed by atoms with E-state index >= 15 is 0 Å². The first-order chi connectivity index (χ1) is 6.62. The molecular weight excluding hydrogens is 220 g/mol. The first-order valence-corrected chi connectivity index (χ1v) is 7.33. The molecule has 5 nitrogen and oxygen atoms in total. The van der Waals surface area contributed by atoms with Crippen molar-refractivity contribution >= 4 is 19.5 Å². The van der Waals surface area contributed by atoms with Gasteiger partial charge in [-0.15, -0.1) is 0 Å². The molecule has 1 unspecified atom stereocenters. The molecule has 86 valence electrons. The average Bonchev–Trinajstić information content (AvgIpc) is 2.25. The average molecular weight is 240 g/mol. The van der Waals surface area contributed by atoms with Crippen molar-refractivity contribution < 1.29 is 23.1 Å².